The molecule has 2 aliphatic rings. The summed E-state index contributed by atoms with van der Waals surface area (Å²) >= 11 is 0. The van der Waals surface area contributed by atoms with E-state index in [1.807, 2.05) is 18.2 Å². The quantitative estimate of drug-likeness (QED) is 0.678. The summed E-state index contributed by atoms with van der Waals surface area (Å²) in [5.74, 6) is -0.528. The molecule has 0 spiro atoms. The van der Waals surface area contributed by atoms with Gasteiger partial charge in [0.2, 0.25) is 0 Å². The number of carbonyl (C=O) groups is 2. The molecule has 1 aliphatic heterocycles. The molecule has 5 rings (SSSR count). The summed E-state index contributed by atoms with van der Waals surface area (Å²) in [7, 11) is 0. The molecule has 0 bridgehead atoms. The van der Waals surface area contributed by atoms with Crippen LogP contribution in [-0.2, 0) is 16.1 Å². The Balaban J connectivity index is 1.51. The minimum Gasteiger partial charge on any atom is -0.367 e. The van der Waals surface area contributed by atoms with E-state index in [1.54, 1.807) is 18.5 Å². The number of amides is 2. The number of hydrogen-bond donors (Lipinski definition) is 1. The number of nitrogens with zero attached hydrogens (tertiary/aromatic N) is 3. The molecule has 2 aromatic carbocycles. The Kier molecular flexibility index (Phi) is 4.08. The summed E-state index contributed by atoms with van der Waals surface area (Å²) in [5.41, 5.74) is 2.78. The van der Waals surface area contributed by atoms with Gasteiger partial charge < -0.3 is 5.32 Å². The van der Waals surface area contributed by atoms with Gasteiger partial charge in [0, 0.05) is 29.1 Å². The maximum absolute atomic E-state index is 14.4. The first-order chi connectivity index (χ1) is 14.1. The van der Waals surface area contributed by atoms with Gasteiger partial charge in [-0.15, -0.1) is 0 Å². The van der Waals surface area contributed by atoms with E-state index in [2.05, 4.69) is 15.3 Å². The third-order valence-corrected chi connectivity index (χ3v) is 5.16. The minimum absolute atomic E-state index is 0.102. The van der Waals surface area contributed by atoms with Gasteiger partial charge >= 0.3 is 0 Å². The highest BCUT2D eigenvalue weighted by molar-refractivity contribution is 6.12. The van der Waals surface area contributed by atoms with Gasteiger partial charge in [0.05, 0.1) is 12.1 Å². The fraction of sp³-hybridized carbons (Fsp3) is 0.182. The van der Waals surface area contributed by atoms with Crippen LogP contribution in [0.3, 0.4) is 0 Å². The van der Waals surface area contributed by atoms with Crippen LogP contribution in [0.1, 0.15) is 18.4 Å². The number of halogens is 1. The highest BCUT2D eigenvalue weighted by Gasteiger charge is 2.25. The highest BCUT2D eigenvalue weighted by atomic mass is 19.1. The lowest BCUT2D eigenvalue weighted by Crippen LogP contribution is -2.29. The van der Waals surface area contributed by atoms with E-state index in [4.69, 9.17) is 0 Å². The highest BCUT2D eigenvalue weighted by Crippen LogP contribution is 2.31. The van der Waals surface area contributed by atoms with E-state index in [9.17, 15) is 14.0 Å². The standard InChI is InChI=1S/C22H17FN4O2/c23-18-5-1-13(9-15(18)11-27-20(28)7-8-21(27)29)14-2-6-19-17(10-14)22(25-12-24-19)26-16-3-4-16/h1-2,5-10,12,16H,3-4,11H2,(H,24,25,26). The first-order valence-electron chi connectivity index (χ1n) is 9.42. The molecule has 2 amide bonds. The second-order valence-electron chi connectivity index (χ2n) is 7.27. The van der Waals surface area contributed by atoms with Crippen LogP contribution >= 0.6 is 0 Å². The SMILES string of the molecule is O=C1C=CC(=O)N1Cc1cc(-c2ccc3ncnc(NC4CC4)c3c2)ccc1F. The van der Waals surface area contributed by atoms with Gasteiger partial charge in [-0.1, -0.05) is 12.1 Å². The lowest BCUT2D eigenvalue weighted by Gasteiger charge is -2.15. The molecular formula is C22H17FN4O2. The van der Waals surface area contributed by atoms with Crippen molar-refractivity contribution < 1.29 is 14.0 Å². The molecule has 1 aromatic heterocycles. The van der Waals surface area contributed by atoms with Crippen molar-refractivity contribution >= 4 is 28.5 Å². The van der Waals surface area contributed by atoms with Crippen molar-refractivity contribution in [3.63, 3.8) is 0 Å². The first kappa shape index (κ1) is 17.5. The van der Waals surface area contributed by atoms with Gasteiger partial charge in [-0.2, -0.15) is 0 Å². The molecule has 0 saturated heterocycles. The average Bonchev–Trinajstić information content (AvgIpc) is 3.49. The molecule has 6 nitrogen and oxygen atoms in total. The Morgan fingerprint density at radius 2 is 1.72 bits per heavy atom. The second-order valence-corrected chi connectivity index (χ2v) is 7.27. The number of anilines is 1. The molecule has 144 valence electrons. The van der Waals surface area contributed by atoms with Crippen LogP contribution in [0.2, 0.25) is 0 Å². The fourth-order valence-corrected chi connectivity index (χ4v) is 3.41. The summed E-state index contributed by atoms with van der Waals surface area (Å²) in [6.45, 7) is -0.102. The van der Waals surface area contributed by atoms with Crippen LogP contribution < -0.4 is 5.32 Å². The molecule has 1 fully saturated rings. The van der Waals surface area contributed by atoms with Crippen LogP contribution in [0.25, 0.3) is 22.0 Å². The summed E-state index contributed by atoms with van der Waals surface area (Å²) in [5, 5.41) is 4.32. The number of fused-ring (bicyclic) bond motifs is 1. The first-order valence-corrected chi connectivity index (χ1v) is 9.42. The van der Waals surface area contributed by atoms with Gasteiger partial charge in [0.1, 0.15) is 18.0 Å². The van der Waals surface area contributed by atoms with Crippen molar-refractivity contribution in [1.29, 1.82) is 0 Å². The number of rotatable bonds is 5. The van der Waals surface area contributed by atoms with Crippen LogP contribution in [0, 0.1) is 5.82 Å². The molecule has 1 aliphatic carbocycles. The third kappa shape index (κ3) is 3.35. The van der Waals surface area contributed by atoms with Crippen molar-refractivity contribution in [1.82, 2.24) is 14.9 Å². The van der Waals surface area contributed by atoms with E-state index in [1.165, 1.54) is 18.2 Å². The van der Waals surface area contributed by atoms with E-state index < -0.39 is 17.6 Å². The number of nitrogens with one attached hydrogen (secondary N) is 1. The largest absolute Gasteiger partial charge is 0.367 e. The minimum atomic E-state index is -0.457. The topological polar surface area (TPSA) is 75.2 Å². The normalized spacial score (nSPS) is 16.1. The molecule has 1 N–H and O–H groups in total. The summed E-state index contributed by atoms with van der Waals surface area (Å²) in [6.07, 6.45) is 6.20. The van der Waals surface area contributed by atoms with Gasteiger partial charge in [0.15, 0.2) is 0 Å². The Morgan fingerprint density at radius 3 is 2.48 bits per heavy atom. The van der Waals surface area contributed by atoms with Gasteiger partial charge in [-0.3, -0.25) is 14.5 Å². The molecule has 0 radical (unpaired) electrons. The zero-order valence-corrected chi connectivity index (χ0v) is 15.4. The molecule has 1 saturated carbocycles. The lowest BCUT2D eigenvalue weighted by atomic mass is 10.0. The van der Waals surface area contributed by atoms with Crippen molar-refractivity contribution in [2.24, 2.45) is 0 Å². The number of benzene rings is 2. The van der Waals surface area contributed by atoms with Crippen molar-refractivity contribution in [2.75, 3.05) is 5.32 Å². The van der Waals surface area contributed by atoms with E-state index in [0.29, 0.717) is 6.04 Å². The van der Waals surface area contributed by atoms with Crippen LogP contribution in [0.15, 0.2) is 54.9 Å². The van der Waals surface area contributed by atoms with Crippen molar-refractivity contribution in [3.8, 4) is 11.1 Å². The zero-order valence-electron chi connectivity index (χ0n) is 15.4. The lowest BCUT2D eigenvalue weighted by molar-refractivity contribution is -0.137. The Labute approximate surface area is 166 Å². The van der Waals surface area contributed by atoms with E-state index >= 15 is 0 Å². The van der Waals surface area contributed by atoms with Crippen LogP contribution in [0.4, 0.5) is 10.2 Å². The molecule has 2 heterocycles. The van der Waals surface area contributed by atoms with Crippen molar-refractivity contribution in [2.45, 2.75) is 25.4 Å². The number of imide groups is 1. The molecule has 7 heteroatoms. The predicted octanol–water partition coefficient (Wildman–Crippen LogP) is 3.44. The van der Waals surface area contributed by atoms with Gasteiger partial charge in [0.25, 0.3) is 11.8 Å². The smallest absolute Gasteiger partial charge is 0.253 e. The Hall–Kier alpha value is -3.61. The van der Waals surface area contributed by atoms with E-state index in [0.717, 1.165) is 45.6 Å². The molecule has 0 atom stereocenters. The third-order valence-electron chi connectivity index (χ3n) is 5.16. The fourth-order valence-electron chi connectivity index (χ4n) is 3.41. The zero-order chi connectivity index (χ0) is 20.0. The summed E-state index contributed by atoms with van der Waals surface area (Å²) in [4.78, 5) is 33.3. The monoisotopic (exact) mass is 388 g/mol. The molecule has 29 heavy (non-hydrogen) atoms. The van der Waals surface area contributed by atoms with Crippen LogP contribution in [-0.4, -0.2) is 32.7 Å². The second kappa shape index (κ2) is 6.77. The molecule has 0 unspecified atom stereocenters. The van der Waals surface area contributed by atoms with Gasteiger partial charge in [-0.05, 0) is 48.2 Å². The number of aromatic nitrogens is 2. The molecule has 3 aromatic rings. The van der Waals surface area contributed by atoms with Crippen molar-refractivity contribution in [3.05, 3.63) is 66.3 Å². The van der Waals surface area contributed by atoms with Gasteiger partial charge in [-0.25, -0.2) is 14.4 Å². The number of carbonyl (C=O) groups excluding carboxylic acids is 2. The Morgan fingerprint density at radius 1 is 1.00 bits per heavy atom. The predicted molar refractivity (Wildman–Crippen MR) is 106 cm³/mol. The maximum Gasteiger partial charge on any atom is 0.253 e. The maximum atomic E-state index is 14.4. The average molecular weight is 388 g/mol. The number of hydrogen-bond acceptors (Lipinski definition) is 5. The summed E-state index contributed by atoms with van der Waals surface area (Å²) in [6, 6.07) is 11.0. The summed E-state index contributed by atoms with van der Waals surface area (Å²) < 4.78 is 14.4. The van der Waals surface area contributed by atoms with E-state index in [-0.39, 0.29) is 12.1 Å². The van der Waals surface area contributed by atoms with Crippen LogP contribution in [0.5, 0.6) is 0 Å². The Bertz CT molecular complexity index is 1170. The molecular weight excluding hydrogens is 371 g/mol.